The van der Waals surface area contributed by atoms with Gasteiger partial charge in [0.05, 0.1) is 18.4 Å². The molecule has 0 radical (unpaired) electrons. The topological polar surface area (TPSA) is 101 Å². The first-order valence-electron chi connectivity index (χ1n) is 7.13. The van der Waals surface area contributed by atoms with Crippen LogP contribution in [0.5, 0.6) is 0 Å². The maximum absolute atomic E-state index is 10.6. The first kappa shape index (κ1) is 16.5. The fourth-order valence-corrected chi connectivity index (χ4v) is 2.53. The minimum absolute atomic E-state index is 0.0255. The molecule has 20 heavy (non-hydrogen) atoms. The van der Waals surface area contributed by atoms with Gasteiger partial charge in [-0.25, -0.2) is 0 Å². The Morgan fingerprint density at radius 3 is 1.95 bits per heavy atom. The molecular weight excluding hydrogens is 264 g/mol. The van der Waals surface area contributed by atoms with E-state index in [1.165, 1.54) is 0 Å². The van der Waals surface area contributed by atoms with Crippen LogP contribution in [-0.2, 0) is 19.1 Å². The SMILES string of the molecule is O=C(O)C1CCCCC1C(=O)O.O=C1CCCCCO1. The fraction of sp³-hybridized carbons (Fsp3) is 0.786. The standard InChI is InChI=1S/C8H12O4.C6H10O2/c9-7(10)5-3-1-2-4-6(5)8(11)12;7-6-4-2-1-3-5-8-6/h5-6H,1-4H2,(H,9,10)(H,11,12);1-5H2. The molecular formula is C14H22O6. The molecule has 0 spiro atoms. The predicted molar refractivity (Wildman–Crippen MR) is 70.1 cm³/mol. The van der Waals surface area contributed by atoms with Crippen molar-refractivity contribution in [2.24, 2.45) is 11.8 Å². The zero-order chi connectivity index (χ0) is 15.0. The molecule has 114 valence electrons. The van der Waals surface area contributed by atoms with Crippen LogP contribution >= 0.6 is 0 Å². The number of carboxylic acids is 2. The van der Waals surface area contributed by atoms with E-state index in [1.54, 1.807) is 0 Å². The number of cyclic esters (lactones) is 1. The molecule has 1 saturated heterocycles. The fourth-order valence-electron chi connectivity index (χ4n) is 2.53. The van der Waals surface area contributed by atoms with Gasteiger partial charge in [-0.2, -0.15) is 0 Å². The molecule has 6 heteroatoms. The number of hydrogen-bond acceptors (Lipinski definition) is 4. The van der Waals surface area contributed by atoms with E-state index in [0.717, 1.165) is 32.1 Å². The second-order valence-electron chi connectivity index (χ2n) is 5.21. The number of esters is 1. The predicted octanol–water partition coefficient (Wildman–Crippen LogP) is 2.07. The van der Waals surface area contributed by atoms with Gasteiger partial charge in [-0.05, 0) is 32.1 Å². The molecule has 2 unspecified atom stereocenters. The minimum Gasteiger partial charge on any atom is -0.481 e. The van der Waals surface area contributed by atoms with Crippen LogP contribution in [0, 0.1) is 11.8 Å². The van der Waals surface area contributed by atoms with Gasteiger partial charge >= 0.3 is 17.9 Å². The smallest absolute Gasteiger partial charge is 0.307 e. The second-order valence-corrected chi connectivity index (χ2v) is 5.21. The molecule has 2 aliphatic rings. The maximum Gasteiger partial charge on any atom is 0.307 e. The number of carbonyl (C=O) groups is 3. The van der Waals surface area contributed by atoms with Crippen molar-refractivity contribution in [3.63, 3.8) is 0 Å². The van der Waals surface area contributed by atoms with Crippen LogP contribution in [0.25, 0.3) is 0 Å². The third-order valence-electron chi connectivity index (χ3n) is 3.69. The van der Waals surface area contributed by atoms with Gasteiger partial charge in [-0.1, -0.05) is 12.8 Å². The van der Waals surface area contributed by atoms with E-state index in [1.807, 2.05) is 0 Å². The van der Waals surface area contributed by atoms with Crippen LogP contribution in [0.15, 0.2) is 0 Å². The quantitative estimate of drug-likeness (QED) is 0.753. The highest BCUT2D eigenvalue weighted by atomic mass is 16.5. The van der Waals surface area contributed by atoms with E-state index in [-0.39, 0.29) is 5.97 Å². The third-order valence-corrected chi connectivity index (χ3v) is 3.69. The summed E-state index contributed by atoms with van der Waals surface area (Å²) in [5.41, 5.74) is 0. The Morgan fingerprint density at radius 2 is 1.45 bits per heavy atom. The number of rotatable bonds is 2. The molecule has 0 aromatic rings. The van der Waals surface area contributed by atoms with Crippen LogP contribution < -0.4 is 0 Å². The summed E-state index contributed by atoms with van der Waals surface area (Å²) in [6, 6.07) is 0. The van der Waals surface area contributed by atoms with Gasteiger partial charge in [-0.15, -0.1) is 0 Å². The lowest BCUT2D eigenvalue weighted by Crippen LogP contribution is -2.32. The van der Waals surface area contributed by atoms with Crippen molar-refractivity contribution in [2.75, 3.05) is 6.61 Å². The van der Waals surface area contributed by atoms with E-state index in [0.29, 0.717) is 25.9 Å². The highest BCUT2D eigenvalue weighted by Crippen LogP contribution is 2.30. The molecule has 0 aromatic heterocycles. The Kier molecular flexibility index (Phi) is 7.04. The number of carbonyl (C=O) groups excluding carboxylic acids is 1. The molecule has 2 rings (SSSR count). The molecule has 0 bridgehead atoms. The minimum atomic E-state index is -0.970. The molecule has 6 nitrogen and oxygen atoms in total. The number of aliphatic carboxylic acids is 2. The molecule has 2 atom stereocenters. The van der Waals surface area contributed by atoms with Crippen molar-refractivity contribution >= 4 is 17.9 Å². The summed E-state index contributed by atoms with van der Waals surface area (Å²) in [4.78, 5) is 31.7. The lowest BCUT2D eigenvalue weighted by atomic mass is 9.79. The summed E-state index contributed by atoms with van der Waals surface area (Å²) >= 11 is 0. The molecule has 1 aliphatic heterocycles. The number of ether oxygens (including phenoxy) is 1. The highest BCUT2D eigenvalue weighted by Gasteiger charge is 2.35. The molecule has 2 fully saturated rings. The van der Waals surface area contributed by atoms with E-state index in [4.69, 9.17) is 14.9 Å². The normalized spacial score (nSPS) is 26.5. The Hall–Kier alpha value is -1.59. The lowest BCUT2D eigenvalue weighted by molar-refractivity contribution is -0.155. The number of carboxylic acid groups (broad SMARTS) is 2. The molecule has 1 aliphatic carbocycles. The van der Waals surface area contributed by atoms with Gasteiger partial charge in [0, 0.05) is 6.42 Å². The number of hydrogen-bond donors (Lipinski definition) is 2. The average Bonchev–Trinajstić information content (AvgIpc) is 2.67. The summed E-state index contributed by atoms with van der Waals surface area (Å²) in [6.07, 6.45) is 6.51. The monoisotopic (exact) mass is 286 g/mol. The van der Waals surface area contributed by atoms with Gasteiger partial charge in [0.25, 0.3) is 0 Å². The first-order chi connectivity index (χ1) is 9.52. The summed E-state index contributed by atoms with van der Waals surface area (Å²) in [5.74, 6) is -3.31. The molecule has 1 heterocycles. The lowest BCUT2D eigenvalue weighted by Gasteiger charge is -2.24. The van der Waals surface area contributed by atoms with Crippen LogP contribution in [-0.4, -0.2) is 34.7 Å². The molecule has 2 N–H and O–H groups in total. The summed E-state index contributed by atoms with van der Waals surface area (Å²) < 4.78 is 4.76. The van der Waals surface area contributed by atoms with Crippen LogP contribution in [0.3, 0.4) is 0 Å². The molecule has 1 saturated carbocycles. The maximum atomic E-state index is 10.6. The van der Waals surface area contributed by atoms with Crippen molar-refractivity contribution < 1.29 is 29.3 Å². The van der Waals surface area contributed by atoms with Crippen molar-refractivity contribution in [1.82, 2.24) is 0 Å². The largest absolute Gasteiger partial charge is 0.481 e. The van der Waals surface area contributed by atoms with E-state index >= 15 is 0 Å². The van der Waals surface area contributed by atoms with Gasteiger partial charge in [0.2, 0.25) is 0 Å². The Labute approximate surface area is 118 Å². The highest BCUT2D eigenvalue weighted by molar-refractivity contribution is 5.80. The Morgan fingerprint density at radius 1 is 0.900 bits per heavy atom. The van der Waals surface area contributed by atoms with E-state index in [9.17, 15) is 14.4 Å². The molecule has 0 amide bonds. The van der Waals surface area contributed by atoms with E-state index in [2.05, 4.69) is 0 Å². The van der Waals surface area contributed by atoms with Crippen LogP contribution in [0.4, 0.5) is 0 Å². The zero-order valence-corrected chi connectivity index (χ0v) is 11.5. The van der Waals surface area contributed by atoms with Crippen LogP contribution in [0.1, 0.15) is 51.4 Å². The third kappa shape index (κ3) is 5.59. The van der Waals surface area contributed by atoms with Crippen molar-refractivity contribution in [3.05, 3.63) is 0 Å². The summed E-state index contributed by atoms with van der Waals surface area (Å²) in [6.45, 7) is 0.638. The Bertz CT molecular complexity index is 320. The van der Waals surface area contributed by atoms with Gasteiger partial charge in [-0.3, -0.25) is 14.4 Å². The van der Waals surface area contributed by atoms with Gasteiger partial charge < -0.3 is 14.9 Å². The zero-order valence-electron chi connectivity index (χ0n) is 11.5. The van der Waals surface area contributed by atoms with Crippen molar-refractivity contribution in [3.8, 4) is 0 Å². The van der Waals surface area contributed by atoms with Crippen LogP contribution in [0.2, 0.25) is 0 Å². The summed E-state index contributed by atoms with van der Waals surface area (Å²) in [7, 11) is 0. The first-order valence-corrected chi connectivity index (χ1v) is 7.13. The van der Waals surface area contributed by atoms with Crippen molar-refractivity contribution in [1.29, 1.82) is 0 Å². The van der Waals surface area contributed by atoms with Crippen molar-refractivity contribution in [2.45, 2.75) is 51.4 Å². The Balaban J connectivity index is 0.000000217. The average molecular weight is 286 g/mol. The summed E-state index contributed by atoms with van der Waals surface area (Å²) in [5, 5.41) is 17.4. The molecule has 0 aromatic carbocycles. The van der Waals surface area contributed by atoms with Gasteiger partial charge in [0.1, 0.15) is 0 Å². The van der Waals surface area contributed by atoms with Gasteiger partial charge in [0.15, 0.2) is 0 Å². The second kappa shape index (κ2) is 8.55. The van der Waals surface area contributed by atoms with E-state index < -0.39 is 23.8 Å².